The van der Waals surface area contributed by atoms with Crippen molar-refractivity contribution in [3.05, 3.63) is 53.6 Å². The summed E-state index contributed by atoms with van der Waals surface area (Å²) in [4.78, 5) is 6.86. The first-order valence-corrected chi connectivity index (χ1v) is 8.27. The van der Waals surface area contributed by atoms with E-state index in [1.54, 1.807) is 0 Å². The van der Waals surface area contributed by atoms with Crippen molar-refractivity contribution in [1.82, 2.24) is 4.90 Å². The molecule has 0 aliphatic carbocycles. The number of nitrogens with zero attached hydrogens (tertiary/aromatic N) is 2. The maximum atomic E-state index is 12.7. The average molecular weight is 346 g/mol. The molecule has 3 nitrogen and oxygen atoms in total. The number of ether oxygens (including phenoxy) is 1. The predicted molar refractivity (Wildman–Crippen MR) is 90.0 cm³/mol. The Hall–Kier alpha value is -2.50. The van der Waals surface area contributed by atoms with E-state index in [4.69, 9.17) is 4.74 Å². The summed E-state index contributed by atoms with van der Waals surface area (Å²) in [5, 5.41) is 0. The Morgan fingerprint density at radius 1 is 0.960 bits per heavy atom. The van der Waals surface area contributed by atoms with Gasteiger partial charge in [0.15, 0.2) is 0 Å². The number of rotatable bonds is 1. The molecule has 2 aliphatic rings. The number of alkyl halides is 3. The second-order valence-electron chi connectivity index (χ2n) is 6.18. The molecule has 2 aliphatic heterocycles. The first-order valence-electron chi connectivity index (χ1n) is 8.27. The quantitative estimate of drug-likeness (QED) is 0.772. The van der Waals surface area contributed by atoms with Gasteiger partial charge in [-0.15, -0.1) is 0 Å². The van der Waals surface area contributed by atoms with Gasteiger partial charge in [0.1, 0.15) is 18.2 Å². The van der Waals surface area contributed by atoms with Crippen LogP contribution in [-0.4, -0.2) is 37.0 Å². The zero-order valence-electron chi connectivity index (χ0n) is 13.5. The summed E-state index contributed by atoms with van der Waals surface area (Å²) in [7, 11) is 0. The second kappa shape index (κ2) is 6.10. The minimum absolute atomic E-state index is 0.603. The third kappa shape index (κ3) is 3.08. The van der Waals surface area contributed by atoms with Gasteiger partial charge in [-0.1, -0.05) is 18.2 Å². The molecule has 0 radical (unpaired) electrons. The molecule has 0 spiro atoms. The number of halogens is 3. The van der Waals surface area contributed by atoms with Crippen molar-refractivity contribution in [1.29, 1.82) is 0 Å². The van der Waals surface area contributed by atoms with Gasteiger partial charge in [0, 0.05) is 13.1 Å². The van der Waals surface area contributed by atoms with Crippen LogP contribution in [0, 0.1) is 0 Å². The van der Waals surface area contributed by atoms with E-state index < -0.39 is 11.7 Å². The van der Waals surface area contributed by atoms with Crippen molar-refractivity contribution in [2.24, 2.45) is 4.99 Å². The SMILES string of the molecule is FC(F)(F)c1ccc(-c2ccc3c(c2)C2=NCCCN2CCO3)cc1. The maximum Gasteiger partial charge on any atom is 0.416 e. The van der Waals surface area contributed by atoms with Gasteiger partial charge in [-0.3, -0.25) is 4.99 Å². The second-order valence-corrected chi connectivity index (χ2v) is 6.18. The van der Waals surface area contributed by atoms with Gasteiger partial charge in [-0.25, -0.2) is 0 Å². The molecule has 0 bridgehead atoms. The molecule has 25 heavy (non-hydrogen) atoms. The Bertz CT molecular complexity index is 812. The van der Waals surface area contributed by atoms with E-state index in [0.29, 0.717) is 6.61 Å². The molecule has 2 aromatic carbocycles. The number of benzene rings is 2. The van der Waals surface area contributed by atoms with Crippen LogP contribution < -0.4 is 4.74 Å². The van der Waals surface area contributed by atoms with E-state index in [2.05, 4.69) is 9.89 Å². The summed E-state index contributed by atoms with van der Waals surface area (Å²) in [5.41, 5.74) is 1.86. The van der Waals surface area contributed by atoms with Crippen molar-refractivity contribution in [2.75, 3.05) is 26.2 Å². The predicted octanol–water partition coefficient (Wildman–Crippen LogP) is 4.22. The Kier molecular flexibility index (Phi) is 3.90. The minimum Gasteiger partial charge on any atom is -0.491 e. The number of hydrogen-bond acceptors (Lipinski definition) is 3. The molecule has 6 heteroatoms. The lowest BCUT2D eigenvalue weighted by Crippen LogP contribution is -2.37. The summed E-state index contributed by atoms with van der Waals surface area (Å²) < 4.78 is 44.0. The van der Waals surface area contributed by atoms with Gasteiger partial charge in [-0.05, 0) is 41.8 Å². The van der Waals surface area contributed by atoms with Crippen LogP contribution in [0.25, 0.3) is 11.1 Å². The van der Waals surface area contributed by atoms with E-state index in [1.165, 1.54) is 12.1 Å². The van der Waals surface area contributed by atoms with Gasteiger partial charge >= 0.3 is 6.18 Å². The van der Waals surface area contributed by atoms with Gasteiger partial charge in [0.2, 0.25) is 0 Å². The Morgan fingerprint density at radius 2 is 1.72 bits per heavy atom. The Labute approximate surface area is 143 Å². The van der Waals surface area contributed by atoms with Gasteiger partial charge in [0.25, 0.3) is 0 Å². The van der Waals surface area contributed by atoms with E-state index in [-0.39, 0.29) is 0 Å². The fourth-order valence-corrected chi connectivity index (χ4v) is 3.25. The van der Waals surface area contributed by atoms with Gasteiger partial charge in [0.05, 0.1) is 17.7 Å². The Morgan fingerprint density at radius 3 is 2.48 bits per heavy atom. The van der Waals surface area contributed by atoms with Crippen LogP contribution in [-0.2, 0) is 6.18 Å². The van der Waals surface area contributed by atoms with E-state index in [1.807, 2.05) is 18.2 Å². The first-order chi connectivity index (χ1) is 12.0. The van der Waals surface area contributed by atoms with Crippen LogP contribution in [0.4, 0.5) is 13.2 Å². The smallest absolute Gasteiger partial charge is 0.416 e. The highest BCUT2D eigenvalue weighted by Crippen LogP contribution is 2.33. The molecule has 2 aromatic rings. The third-order valence-electron chi connectivity index (χ3n) is 4.53. The Balaban J connectivity index is 1.73. The molecule has 0 saturated heterocycles. The molecule has 0 unspecified atom stereocenters. The zero-order chi connectivity index (χ0) is 17.4. The van der Waals surface area contributed by atoms with Crippen LogP contribution in [0.2, 0.25) is 0 Å². The van der Waals surface area contributed by atoms with Crippen LogP contribution in [0.5, 0.6) is 5.75 Å². The highest BCUT2D eigenvalue weighted by molar-refractivity contribution is 6.02. The summed E-state index contributed by atoms with van der Waals surface area (Å²) >= 11 is 0. The normalized spacial score (nSPS) is 17.1. The van der Waals surface area contributed by atoms with Crippen molar-refractivity contribution in [2.45, 2.75) is 12.6 Å². The lowest BCUT2D eigenvalue weighted by molar-refractivity contribution is -0.137. The monoisotopic (exact) mass is 346 g/mol. The van der Waals surface area contributed by atoms with Gasteiger partial charge < -0.3 is 9.64 Å². The molecule has 4 rings (SSSR count). The summed E-state index contributed by atoms with van der Waals surface area (Å²) in [6, 6.07) is 10.9. The molecule has 0 fully saturated rings. The molecular formula is C19H17F3N2O. The number of amidine groups is 1. The summed E-state index contributed by atoms with van der Waals surface area (Å²) in [6.07, 6.45) is -3.30. The van der Waals surface area contributed by atoms with E-state index in [9.17, 15) is 13.2 Å². The maximum absolute atomic E-state index is 12.7. The molecule has 0 saturated carbocycles. The largest absolute Gasteiger partial charge is 0.491 e. The van der Waals surface area contributed by atoms with Crippen LogP contribution in [0.1, 0.15) is 17.5 Å². The topological polar surface area (TPSA) is 24.8 Å². The van der Waals surface area contributed by atoms with Crippen LogP contribution >= 0.6 is 0 Å². The first kappa shape index (κ1) is 16.0. The number of aliphatic imine (C=N–C) groups is 1. The van der Waals surface area contributed by atoms with E-state index in [0.717, 1.165) is 66.5 Å². The number of fused-ring (bicyclic) bond motifs is 3. The van der Waals surface area contributed by atoms with Crippen molar-refractivity contribution >= 4 is 5.84 Å². The lowest BCUT2D eigenvalue weighted by atomic mass is 10.00. The summed E-state index contributed by atoms with van der Waals surface area (Å²) in [5.74, 6) is 1.70. The zero-order valence-corrected chi connectivity index (χ0v) is 13.5. The number of hydrogen-bond donors (Lipinski definition) is 0. The third-order valence-corrected chi connectivity index (χ3v) is 4.53. The molecule has 0 N–H and O–H groups in total. The highest BCUT2D eigenvalue weighted by atomic mass is 19.4. The van der Waals surface area contributed by atoms with Crippen molar-refractivity contribution in [3.8, 4) is 16.9 Å². The van der Waals surface area contributed by atoms with E-state index >= 15 is 0 Å². The molecule has 0 amide bonds. The fraction of sp³-hybridized carbons (Fsp3) is 0.316. The average Bonchev–Trinajstić information content (AvgIpc) is 2.80. The van der Waals surface area contributed by atoms with Gasteiger partial charge in [-0.2, -0.15) is 13.2 Å². The van der Waals surface area contributed by atoms with Crippen LogP contribution in [0.3, 0.4) is 0 Å². The minimum atomic E-state index is -4.32. The molecule has 2 heterocycles. The molecular weight excluding hydrogens is 329 g/mol. The summed E-state index contributed by atoms with van der Waals surface area (Å²) in [6.45, 7) is 3.14. The fourth-order valence-electron chi connectivity index (χ4n) is 3.25. The highest BCUT2D eigenvalue weighted by Gasteiger charge is 2.30. The standard InChI is InChI=1S/C19H17F3N2O/c20-19(21,22)15-5-2-13(3-6-15)14-4-7-17-16(12-14)18-23-8-1-9-24(18)10-11-25-17/h2-7,12H,1,8-11H2. The molecule has 0 aromatic heterocycles. The van der Waals surface area contributed by atoms with Crippen LogP contribution in [0.15, 0.2) is 47.5 Å². The van der Waals surface area contributed by atoms with Crippen molar-refractivity contribution in [3.63, 3.8) is 0 Å². The molecule has 0 atom stereocenters. The lowest BCUT2D eigenvalue weighted by Gasteiger charge is -2.27. The van der Waals surface area contributed by atoms with Crippen molar-refractivity contribution < 1.29 is 17.9 Å². The molecule has 130 valence electrons.